The van der Waals surface area contributed by atoms with Crippen molar-refractivity contribution < 1.29 is 4.48 Å². The molecule has 0 N–H and O–H groups in total. The van der Waals surface area contributed by atoms with Crippen LogP contribution in [0.25, 0.3) is 0 Å². The van der Waals surface area contributed by atoms with Gasteiger partial charge in [0, 0.05) is 0 Å². The van der Waals surface area contributed by atoms with Crippen molar-refractivity contribution in [3.63, 3.8) is 0 Å². The van der Waals surface area contributed by atoms with Gasteiger partial charge in [0.2, 0.25) is 0 Å². The van der Waals surface area contributed by atoms with Crippen molar-refractivity contribution in [3.05, 3.63) is 35.1 Å². The molecular formula is C11H14FN. The van der Waals surface area contributed by atoms with Gasteiger partial charge in [-0.1, -0.05) is 22.2 Å². The summed E-state index contributed by atoms with van der Waals surface area (Å²) in [5, 5.41) is 0.854. The molecule has 0 aromatic carbocycles. The van der Waals surface area contributed by atoms with E-state index in [9.17, 15) is 4.48 Å². The molecule has 2 rings (SSSR count). The van der Waals surface area contributed by atoms with Gasteiger partial charge >= 0.3 is 0 Å². The Morgan fingerprint density at radius 1 is 1.46 bits per heavy atom. The first-order chi connectivity index (χ1) is 6.27. The largest absolute Gasteiger partial charge is 0.207 e. The van der Waals surface area contributed by atoms with Crippen LogP contribution in [-0.4, -0.2) is 11.7 Å². The quantitative estimate of drug-likeness (QED) is 0.516. The predicted molar refractivity (Wildman–Crippen MR) is 51.6 cm³/mol. The van der Waals surface area contributed by atoms with Gasteiger partial charge in [0.1, 0.15) is 0 Å². The molecule has 0 bridgehead atoms. The Balaban J connectivity index is 2.36. The van der Waals surface area contributed by atoms with Crippen molar-refractivity contribution in [3.8, 4) is 0 Å². The molecule has 0 radical (unpaired) electrons. The van der Waals surface area contributed by atoms with E-state index in [4.69, 9.17) is 0 Å². The molecule has 0 atom stereocenters. The summed E-state index contributed by atoms with van der Waals surface area (Å²) in [7, 11) is 0. The summed E-state index contributed by atoms with van der Waals surface area (Å²) < 4.78 is 13.4. The van der Waals surface area contributed by atoms with Gasteiger partial charge in [-0.2, -0.15) is 0 Å². The van der Waals surface area contributed by atoms with Gasteiger partial charge in [-0.3, -0.25) is 0 Å². The van der Waals surface area contributed by atoms with Crippen LogP contribution in [0.5, 0.6) is 0 Å². The molecule has 1 aliphatic carbocycles. The van der Waals surface area contributed by atoms with Crippen LogP contribution in [0.4, 0.5) is 4.48 Å². The van der Waals surface area contributed by atoms with Crippen LogP contribution >= 0.6 is 0 Å². The maximum absolute atomic E-state index is 13.4. The average Bonchev–Trinajstić information content (AvgIpc) is 2.28. The fourth-order valence-electron chi connectivity index (χ4n) is 1.87. The third-order valence-electron chi connectivity index (χ3n) is 2.49. The van der Waals surface area contributed by atoms with Crippen LogP contribution in [0.2, 0.25) is 0 Å². The second-order valence-corrected chi connectivity index (χ2v) is 3.72. The maximum Gasteiger partial charge on any atom is 0.0720 e. The Morgan fingerprint density at radius 2 is 2.31 bits per heavy atom. The van der Waals surface area contributed by atoms with Crippen LogP contribution in [0, 0.1) is 0 Å². The fourth-order valence-corrected chi connectivity index (χ4v) is 1.87. The zero-order valence-corrected chi connectivity index (χ0v) is 7.89. The topological polar surface area (TPSA) is 3.24 Å². The van der Waals surface area contributed by atoms with Gasteiger partial charge in [0.05, 0.1) is 12.2 Å². The lowest BCUT2D eigenvalue weighted by Gasteiger charge is -2.22. The van der Waals surface area contributed by atoms with Gasteiger partial charge in [-0.05, 0) is 37.8 Å². The van der Waals surface area contributed by atoms with Crippen LogP contribution < -0.4 is 0 Å². The minimum absolute atomic E-state index is 0.420. The van der Waals surface area contributed by atoms with Crippen molar-refractivity contribution in [2.45, 2.75) is 26.2 Å². The molecule has 0 fully saturated rings. The van der Waals surface area contributed by atoms with E-state index in [0.717, 1.165) is 41.2 Å². The third-order valence-corrected chi connectivity index (χ3v) is 2.49. The number of hydrogen-bond acceptors (Lipinski definition) is 1. The molecule has 0 aromatic rings. The summed E-state index contributed by atoms with van der Waals surface area (Å²) >= 11 is 0. The average molecular weight is 179 g/mol. The van der Waals surface area contributed by atoms with E-state index < -0.39 is 0 Å². The Morgan fingerprint density at radius 3 is 3.15 bits per heavy atom. The molecule has 13 heavy (non-hydrogen) atoms. The van der Waals surface area contributed by atoms with E-state index in [0.29, 0.717) is 6.54 Å². The van der Waals surface area contributed by atoms with Crippen LogP contribution in [0.1, 0.15) is 26.2 Å². The summed E-state index contributed by atoms with van der Waals surface area (Å²) in [5.74, 6) is 0. The van der Waals surface area contributed by atoms with Crippen LogP contribution in [0.15, 0.2) is 35.1 Å². The smallest absolute Gasteiger partial charge is 0.0720 e. The molecule has 1 nitrogen and oxygen atoms in total. The zero-order valence-electron chi connectivity index (χ0n) is 7.89. The lowest BCUT2D eigenvalue weighted by molar-refractivity contribution is 0.0850. The Hall–Kier alpha value is -1.05. The standard InChI is InChI=1S/C11H14FN/c1-9-7-10-5-3-2-4-6-11(10)13(12)8-9/h4,6-7H,2-3,5,8H2,1H3. The van der Waals surface area contributed by atoms with Crippen molar-refractivity contribution in [2.75, 3.05) is 6.54 Å². The molecular weight excluding hydrogens is 165 g/mol. The highest BCUT2D eigenvalue weighted by atomic mass is 19.2. The van der Waals surface area contributed by atoms with E-state index >= 15 is 0 Å². The molecule has 0 saturated carbocycles. The number of nitrogens with zero attached hydrogens (tertiary/aromatic N) is 1. The van der Waals surface area contributed by atoms with Gasteiger partial charge in [-0.15, -0.1) is 0 Å². The third kappa shape index (κ3) is 1.67. The fraction of sp³-hybridized carbons (Fsp3) is 0.455. The molecule has 2 aliphatic rings. The van der Waals surface area contributed by atoms with E-state index in [-0.39, 0.29) is 0 Å². The Kier molecular flexibility index (Phi) is 2.21. The van der Waals surface area contributed by atoms with E-state index in [1.165, 1.54) is 0 Å². The molecule has 0 saturated heterocycles. The summed E-state index contributed by atoms with van der Waals surface area (Å²) in [6.45, 7) is 2.40. The Labute approximate surface area is 78.2 Å². The summed E-state index contributed by atoms with van der Waals surface area (Å²) in [6, 6.07) is 0. The van der Waals surface area contributed by atoms with E-state index in [2.05, 4.69) is 12.2 Å². The number of rotatable bonds is 0. The number of hydrogen-bond donors (Lipinski definition) is 0. The van der Waals surface area contributed by atoms with Crippen LogP contribution in [0.3, 0.4) is 0 Å². The van der Waals surface area contributed by atoms with Gasteiger partial charge in [0.25, 0.3) is 0 Å². The zero-order chi connectivity index (χ0) is 9.26. The number of halogens is 1. The highest BCUT2D eigenvalue weighted by Gasteiger charge is 2.17. The Bertz CT molecular complexity index is 299. The lowest BCUT2D eigenvalue weighted by Crippen LogP contribution is -2.19. The second-order valence-electron chi connectivity index (χ2n) is 3.72. The summed E-state index contributed by atoms with van der Waals surface area (Å²) in [6.07, 6.45) is 9.29. The van der Waals surface area contributed by atoms with Crippen molar-refractivity contribution >= 4 is 0 Å². The first kappa shape index (κ1) is 8.54. The predicted octanol–water partition coefficient (Wildman–Crippen LogP) is 3.13. The molecule has 0 unspecified atom stereocenters. The van der Waals surface area contributed by atoms with Gasteiger partial charge in [-0.25, -0.2) is 5.12 Å². The molecule has 0 aromatic heterocycles. The monoisotopic (exact) mass is 179 g/mol. The summed E-state index contributed by atoms with van der Waals surface area (Å²) in [4.78, 5) is 0. The van der Waals surface area contributed by atoms with Gasteiger partial charge in [0.15, 0.2) is 0 Å². The minimum Gasteiger partial charge on any atom is -0.207 e. The summed E-state index contributed by atoms with van der Waals surface area (Å²) in [5.41, 5.74) is 3.03. The highest BCUT2D eigenvalue weighted by Crippen LogP contribution is 2.28. The van der Waals surface area contributed by atoms with Crippen molar-refractivity contribution in [2.24, 2.45) is 0 Å². The van der Waals surface area contributed by atoms with E-state index in [1.807, 2.05) is 13.0 Å². The van der Waals surface area contributed by atoms with E-state index in [1.54, 1.807) is 0 Å². The highest BCUT2D eigenvalue weighted by molar-refractivity contribution is 5.38. The molecule has 1 heterocycles. The van der Waals surface area contributed by atoms with Crippen LogP contribution in [-0.2, 0) is 0 Å². The molecule has 0 spiro atoms. The van der Waals surface area contributed by atoms with Gasteiger partial charge < -0.3 is 0 Å². The SMILES string of the molecule is CC1=CC2=C(C=CCCC2)N(F)C1. The molecule has 70 valence electrons. The molecule has 0 amide bonds. The lowest BCUT2D eigenvalue weighted by atomic mass is 10.0. The normalized spacial score (nSPS) is 22.6. The second kappa shape index (κ2) is 3.36. The molecule has 2 heteroatoms. The first-order valence-corrected chi connectivity index (χ1v) is 4.77. The van der Waals surface area contributed by atoms with Crippen molar-refractivity contribution in [1.29, 1.82) is 0 Å². The maximum atomic E-state index is 13.4. The minimum atomic E-state index is 0.420. The molecule has 1 aliphatic heterocycles. The number of allylic oxidation sites excluding steroid dienone is 4. The van der Waals surface area contributed by atoms with Crippen molar-refractivity contribution in [1.82, 2.24) is 5.12 Å². The first-order valence-electron chi connectivity index (χ1n) is 4.77.